The largest absolute Gasteiger partial charge is 0.465 e. The van der Waals surface area contributed by atoms with Crippen molar-refractivity contribution in [3.05, 3.63) is 22.7 Å². The Balaban J connectivity index is 2.19. The lowest BCUT2D eigenvalue weighted by atomic mass is 10.4. The van der Waals surface area contributed by atoms with E-state index in [1.807, 2.05) is 6.07 Å². The lowest BCUT2D eigenvalue weighted by molar-refractivity contribution is -0.143. The first-order valence-electron chi connectivity index (χ1n) is 5.34. The molecule has 0 bridgehead atoms. The molecule has 2 heterocycles. The number of hydrogen-bond donors (Lipinski definition) is 1. The molecule has 0 aliphatic heterocycles. The molecule has 0 radical (unpaired) electrons. The number of anilines is 1. The van der Waals surface area contributed by atoms with Crippen molar-refractivity contribution in [2.24, 2.45) is 0 Å². The van der Waals surface area contributed by atoms with Crippen LogP contribution in [0.1, 0.15) is 6.92 Å². The number of carbonyl (C=O) groups is 1. The Morgan fingerprint density at radius 3 is 3.00 bits per heavy atom. The van der Waals surface area contributed by atoms with Gasteiger partial charge < -0.3 is 15.0 Å². The highest BCUT2D eigenvalue weighted by molar-refractivity contribution is 7.19. The van der Waals surface area contributed by atoms with Gasteiger partial charge in [0.15, 0.2) is 0 Å². The Morgan fingerprint density at radius 2 is 2.39 bits per heavy atom. The van der Waals surface area contributed by atoms with Crippen LogP contribution >= 0.6 is 22.9 Å². The van der Waals surface area contributed by atoms with Gasteiger partial charge in [0.2, 0.25) is 5.95 Å². The van der Waals surface area contributed by atoms with E-state index in [4.69, 9.17) is 22.1 Å². The van der Waals surface area contributed by atoms with Crippen LogP contribution < -0.4 is 5.73 Å². The molecular formula is C11H12ClN3O2S. The van der Waals surface area contributed by atoms with Gasteiger partial charge >= 0.3 is 5.97 Å². The lowest BCUT2D eigenvalue weighted by Crippen LogP contribution is -2.14. The summed E-state index contributed by atoms with van der Waals surface area (Å²) in [6.45, 7) is 2.17. The van der Waals surface area contributed by atoms with Crippen LogP contribution in [0.3, 0.4) is 0 Å². The summed E-state index contributed by atoms with van der Waals surface area (Å²) >= 11 is 7.27. The van der Waals surface area contributed by atoms with Crippen LogP contribution in [0.5, 0.6) is 0 Å². The number of nitrogens with zero attached hydrogens (tertiary/aromatic N) is 2. The molecule has 0 aliphatic rings. The van der Waals surface area contributed by atoms with E-state index in [2.05, 4.69) is 4.98 Å². The highest BCUT2D eigenvalue weighted by Gasteiger charge is 2.12. The normalized spacial score (nSPS) is 10.6. The van der Waals surface area contributed by atoms with Gasteiger partial charge in [0.25, 0.3) is 0 Å². The summed E-state index contributed by atoms with van der Waals surface area (Å²) in [6.07, 6.45) is 1.72. The zero-order valence-corrected chi connectivity index (χ0v) is 11.3. The van der Waals surface area contributed by atoms with Crippen molar-refractivity contribution in [3.63, 3.8) is 0 Å². The molecule has 0 fully saturated rings. The maximum Gasteiger partial charge on any atom is 0.326 e. The topological polar surface area (TPSA) is 70.1 Å². The van der Waals surface area contributed by atoms with Crippen molar-refractivity contribution in [1.29, 1.82) is 0 Å². The summed E-state index contributed by atoms with van der Waals surface area (Å²) < 4.78 is 7.10. The van der Waals surface area contributed by atoms with Gasteiger partial charge in [0.05, 0.1) is 15.8 Å². The minimum Gasteiger partial charge on any atom is -0.465 e. The van der Waals surface area contributed by atoms with Gasteiger partial charge in [-0.3, -0.25) is 4.79 Å². The maximum absolute atomic E-state index is 11.4. The maximum atomic E-state index is 11.4. The van der Waals surface area contributed by atoms with Gasteiger partial charge in [-0.15, -0.1) is 11.3 Å². The third-order valence-electron chi connectivity index (χ3n) is 2.24. The fraction of sp³-hybridized carbons (Fsp3) is 0.273. The van der Waals surface area contributed by atoms with Gasteiger partial charge in [-0.05, 0) is 19.1 Å². The number of esters is 1. The van der Waals surface area contributed by atoms with Crippen LogP contribution in [0.2, 0.25) is 4.34 Å². The summed E-state index contributed by atoms with van der Waals surface area (Å²) in [4.78, 5) is 16.5. The van der Waals surface area contributed by atoms with Crippen molar-refractivity contribution < 1.29 is 9.53 Å². The molecule has 96 valence electrons. The summed E-state index contributed by atoms with van der Waals surface area (Å²) in [5, 5.41) is 0. The van der Waals surface area contributed by atoms with Crippen molar-refractivity contribution >= 4 is 34.9 Å². The molecule has 0 unspecified atom stereocenters. The highest BCUT2D eigenvalue weighted by Crippen LogP contribution is 2.30. The van der Waals surface area contributed by atoms with Crippen molar-refractivity contribution in [2.75, 3.05) is 12.3 Å². The number of rotatable bonds is 4. The summed E-state index contributed by atoms with van der Waals surface area (Å²) in [7, 11) is 0. The van der Waals surface area contributed by atoms with E-state index in [-0.39, 0.29) is 18.5 Å². The number of aromatic nitrogens is 2. The molecule has 0 aromatic carbocycles. The predicted octanol–water partition coefficient (Wildman–Crippen LogP) is 2.41. The second-order valence-electron chi connectivity index (χ2n) is 3.52. The molecule has 18 heavy (non-hydrogen) atoms. The van der Waals surface area contributed by atoms with Crippen LogP contribution in [0.25, 0.3) is 10.6 Å². The van der Waals surface area contributed by atoms with Crippen LogP contribution in [-0.4, -0.2) is 22.1 Å². The van der Waals surface area contributed by atoms with Crippen LogP contribution in [-0.2, 0) is 16.1 Å². The summed E-state index contributed by atoms with van der Waals surface area (Å²) in [6, 6.07) is 3.66. The van der Waals surface area contributed by atoms with E-state index in [1.165, 1.54) is 11.3 Å². The fourth-order valence-electron chi connectivity index (χ4n) is 1.47. The first kappa shape index (κ1) is 12.9. The van der Waals surface area contributed by atoms with Gasteiger partial charge in [-0.2, -0.15) is 0 Å². The number of carbonyl (C=O) groups excluding carboxylic acids is 1. The van der Waals surface area contributed by atoms with E-state index < -0.39 is 0 Å². The van der Waals surface area contributed by atoms with E-state index in [0.29, 0.717) is 16.6 Å². The average molecular weight is 286 g/mol. The van der Waals surface area contributed by atoms with Gasteiger partial charge in [-0.25, -0.2) is 4.98 Å². The minimum atomic E-state index is -0.336. The molecule has 5 nitrogen and oxygen atoms in total. The molecule has 2 N–H and O–H groups in total. The zero-order valence-electron chi connectivity index (χ0n) is 9.72. The molecule has 2 rings (SSSR count). The second-order valence-corrected chi connectivity index (χ2v) is 5.24. The SMILES string of the molecule is CCOC(=O)Cn1cc(-c2ccc(Cl)s2)nc1N. The first-order chi connectivity index (χ1) is 8.60. The molecule has 0 amide bonds. The van der Waals surface area contributed by atoms with Crippen LogP contribution in [0, 0.1) is 0 Å². The number of thiophene rings is 1. The average Bonchev–Trinajstić information content (AvgIpc) is 2.87. The number of hydrogen-bond acceptors (Lipinski definition) is 5. The number of nitrogen functional groups attached to an aromatic ring is 1. The van der Waals surface area contributed by atoms with Crippen molar-refractivity contribution in [1.82, 2.24) is 9.55 Å². The molecule has 0 atom stereocenters. The highest BCUT2D eigenvalue weighted by atomic mass is 35.5. The monoisotopic (exact) mass is 285 g/mol. The van der Waals surface area contributed by atoms with Crippen molar-refractivity contribution in [2.45, 2.75) is 13.5 Å². The molecule has 0 saturated heterocycles. The molecule has 0 saturated carbocycles. The van der Waals surface area contributed by atoms with E-state index >= 15 is 0 Å². The molecule has 0 aliphatic carbocycles. The Labute approximate surface area is 113 Å². The Morgan fingerprint density at radius 1 is 1.61 bits per heavy atom. The standard InChI is InChI=1S/C11H12ClN3O2S/c1-2-17-10(16)6-15-5-7(14-11(15)13)8-3-4-9(12)18-8/h3-5H,2,6H2,1H3,(H2,13,14). The first-order valence-corrected chi connectivity index (χ1v) is 6.53. The Kier molecular flexibility index (Phi) is 3.88. The van der Waals surface area contributed by atoms with E-state index in [9.17, 15) is 4.79 Å². The van der Waals surface area contributed by atoms with Gasteiger partial charge in [0, 0.05) is 6.20 Å². The summed E-state index contributed by atoms with van der Waals surface area (Å²) in [5.74, 6) is -0.0556. The van der Waals surface area contributed by atoms with Gasteiger partial charge in [-0.1, -0.05) is 11.6 Å². The number of ether oxygens (including phenoxy) is 1. The second kappa shape index (κ2) is 5.41. The lowest BCUT2D eigenvalue weighted by Gasteiger charge is -2.03. The third kappa shape index (κ3) is 2.83. The Bertz CT molecular complexity index is 564. The third-order valence-corrected chi connectivity index (χ3v) is 3.49. The zero-order chi connectivity index (χ0) is 13.1. The number of imidazole rings is 1. The molecule has 2 aromatic rings. The fourth-order valence-corrected chi connectivity index (χ4v) is 2.47. The van der Waals surface area contributed by atoms with Gasteiger partial charge in [0.1, 0.15) is 12.2 Å². The van der Waals surface area contributed by atoms with Crippen molar-refractivity contribution in [3.8, 4) is 10.6 Å². The number of nitrogens with two attached hydrogens (primary N) is 1. The van der Waals surface area contributed by atoms with Crippen LogP contribution in [0.4, 0.5) is 5.95 Å². The molecule has 7 heteroatoms. The molecular weight excluding hydrogens is 274 g/mol. The smallest absolute Gasteiger partial charge is 0.326 e. The number of halogens is 1. The quantitative estimate of drug-likeness (QED) is 0.876. The Hall–Kier alpha value is -1.53. The molecule has 0 spiro atoms. The molecule has 2 aromatic heterocycles. The van der Waals surface area contributed by atoms with Crippen LogP contribution in [0.15, 0.2) is 18.3 Å². The minimum absolute atomic E-state index is 0.0613. The summed E-state index contributed by atoms with van der Waals surface area (Å²) in [5.41, 5.74) is 6.45. The predicted molar refractivity (Wildman–Crippen MR) is 71.6 cm³/mol. The van der Waals surface area contributed by atoms with E-state index in [0.717, 1.165) is 4.88 Å². The van der Waals surface area contributed by atoms with E-state index in [1.54, 1.807) is 23.8 Å².